The van der Waals surface area contributed by atoms with Crippen molar-refractivity contribution in [1.29, 1.82) is 0 Å². The Labute approximate surface area is 359 Å². The third-order valence-corrected chi connectivity index (χ3v) is 10.3. The molecule has 60 heavy (non-hydrogen) atoms. The highest BCUT2D eigenvalue weighted by molar-refractivity contribution is 5.96. The van der Waals surface area contributed by atoms with Crippen LogP contribution in [-0.2, 0) is 14.2 Å². The van der Waals surface area contributed by atoms with Crippen LogP contribution in [0.25, 0.3) is 0 Å². The number of carbonyl (C=O) groups is 2. The van der Waals surface area contributed by atoms with E-state index in [4.69, 9.17) is 42.6 Å². The summed E-state index contributed by atoms with van der Waals surface area (Å²) in [4.78, 5) is 27.8. The highest BCUT2D eigenvalue weighted by atomic mass is 16.8. The number of carbonyl (C=O) groups excluding carboxylic acids is 2. The molecule has 2 saturated heterocycles. The van der Waals surface area contributed by atoms with E-state index in [0.29, 0.717) is 85.3 Å². The van der Waals surface area contributed by atoms with Crippen LogP contribution < -0.4 is 39.1 Å². The lowest BCUT2D eigenvalue weighted by Gasteiger charge is -2.27. The summed E-state index contributed by atoms with van der Waals surface area (Å²) in [7, 11) is 0. The van der Waals surface area contributed by atoms with Gasteiger partial charge in [-0.15, -0.1) is 0 Å². The van der Waals surface area contributed by atoms with Crippen molar-refractivity contribution in [2.75, 3.05) is 59.3 Å². The van der Waals surface area contributed by atoms with E-state index in [2.05, 4.69) is 52.2 Å². The lowest BCUT2D eigenvalue weighted by Crippen LogP contribution is -2.52. The number of rotatable bonds is 30. The molecule has 2 aromatic carbocycles. The van der Waals surface area contributed by atoms with Crippen molar-refractivity contribution >= 4 is 11.8 Å². The average Bonchev–Trinajstić information content (AvgIpc) is 3.69. The minimum absolute atomic E-state index is 0.105. The summed E-state index contributed by atoms with van der Waals surface area (Å²) in [5, 5.41) is 6.14. The first-order valence-corrected chi connectivity index (χ1v) is 22.7. The van der Waals surface area contributed by atoms with E-state index in [1.165, 1.54) is 0 Å². The van der Waals surface area contributed by atoms with E-state index in [9.17, 15) is 9.59 Å². The van der Waals surface area contributed by atoms with Crippen molar-refractivity contribution in [2.45, 2.75) is 156 Å². The quantitative estimate of drug-likeness (QED) is 0.0728. The Morgan fingerprint density at radius 2 is 0.950 bits per heavy atom. The number of unbranched alkanes of at least 4 members (excludes halogenated alkanes) is 6. The van der Waals surface area contributed by atoms with Crippen molar-refractivity contribution in [3.8, 4) is 34.5 Å². The van der Waals surface area contributed by atoms with Crippen LogP contribution in [0.3, 0.4) is 0 Å². The van der Waals surface area contributed by atoms with Gasteiger partial charge in [-0.05, 0) is 76.6 Å². The molecule has 0 radical (unpaired) electrons. The molecule has 2 aliphatic heterocycles. The fourth-order valence-electron chi connectivity index (χ4n) is 6.90. The van der Waals surface area contributed by atoms with Gasteiger partial charge >= 0.3 is 0 Å². The SMILES string of the molecule is CCCCOc1cc(C(=O)NC[C@H]2OC[C@]3(CNC(=O)c4cc(OCCCC)c(OCCCC)c(OCCCC)c4)OC(C)(C)O[C@H]23)cc(OCCCC)c1OCCCC. The van der Waals surface area contributed by atoms with E-state index >= 15 is 0 Å². The van der Waals surface area contributed by atoms with Crippen LogP contribution in [0.1, 0.15) is 153 Å². The van der Waals surface area contributed by atoms with Gasteiger partial charge in [-0.3, -0.25) is 9.59 Å². The van der Waals surface area contributed by atoms with E-state index in [0.717, 1.165) is 77.0 Å². The zero-order valence-corrected chi connectivity index (χ0v) is 37.8. The van der Waals surface area contributed by atoms with Gasteiger partial charge in [0.2, 0.25) is 11.5 Å². The zero-order chi connectivity index (χ0) is 43.4. The third kappa shape index (κ3) is 14.1. The van der Waals surface area contributed by atoms with Crippen molar-refractivity contribution in [1.82, 2.24) is 10.6 Å². The van der Waals surface area contributed by atoms with Gasteiger partial charge in [0, 0.05) is 17.7 Å². The molecule has 0 spiro atoms. The summed E-state index contributed by atoms with van der Waals surface area (Å²) in [6, 6.07) is 6.88. The van der Waals surface area contributed by atoms with E-state index in [1.807, 2.05) is 13.8 Å². The van der Waals surface area contributed by atoms with Crippen LogP contribution in [0.2, 0.25) is 0 Å². The van der Waals surface area contributed by atoms with Crippen LogP contribution in [-0.4, -0.2) is 94.7 Å². The molecule has 0 aromatic heterocycles. The molecular weight excluding hydrogens is 769 g/mol. The predicted octanol–water partition coefficient (Wildman–Crippen LogP) is 9.21. The van der Waals surface area contributed by atoms with E-state index < -0.39 is 23.6 Å². The maximum Gasteiger partial charge on any atom is 0.251 e. The van der Waals surface area contributed by atoms with Gasteiger partial charge in [-0.25, -0.2) is 0 Å². The fraction of sp³-hybridized carbons (Fsp3) is 0.702. The normalized spacial score (nSPS) is 19.1. The lowest BCUT2D eigenvalue weighted by molar-refractivity contribution is -0.188. The first-order valence-electron chi connectivity index (χ1n) is 22.7. The molecule has 13 heteroatoms. The summed E-state index contributed by atoms with van der Waals surface area (Å²) >= 11 is 0. The van der Waals surface area contributed by atoms with E-state index in [-0.39, 0.29) is 31.5 Å². The highest BCUT2D eigenvalue weighted by Gasteiger charge is 2.61. The Morgan fingerprint density at radius 3 is 1.33 bits per heavy atom. The highest BCUT2D eigenvalue weighted by Crippen LogP contribution is 2.44. The third-order valence-electron chi connectivity index (χ3n) is 10.3. The molecule has 3 atom stereocenters. The molecule has 2 heterocycles. The molecule has 2 fully saturated rings. The average molecular weight is 843 g/mol. The summed E-state index contributed by atoms with van der Waals surface area (Å²) in [6.45, 7) is 19.7. The molecule has 4 rings (SSSR count). The molecule has 2 aliphatic rings. The Kier molecular flexibility index (Phi) is 20.4. The van der Waals surface area contributed by atoms with Gasteiger partial charge < -0.3 is 53.3 Å². The van der Waals surface area contributed by atoms with Crippen LogP contribution >= 0.6 is 0 Å². The second kappa shape index (κ2) is 25.1. The molecule has 0 aliphatic carbocycles. The van der Waals surface area contributed by atoms with E-state index in [1.54, 1.807) is 24.3 Å². The molecule has 0 saturated carbocycles. The topological polar surface area (TPSA) is 141 Å². The van der Waals surface area contributed by atoms with Crippen molar-refractivity contribution in [3.05, 3.63) is 35.4 Å². The first-order chi connectivity index (χ1) is 29.0. The number of benzene rings is 2. The maximum absolute atomic E-state index is 14.0. The molecule has 338 valence electrons. The Bertz CT molecular complexity index is 1560. The summed E-state index contributed by atoms with van der Waals surface area (Å²) < 4.78 is 56.3. The molecular formula is C47H74N2O11. The number of ether oxygens (including phenoxy) is 9. The van der Waals surface area contributed by atoms with Crippen molar-refractivity contribution in [3.63, 3.8) is 0 Å². The summed E-state index contributed by atoms with van der Waals surface area (Å²) in [5.74, 6) is 1.37. The van der Waals surface area contributed by atoms with Crippen LogP contribution in [0.15, 0.2) is 24.3 Å². The molecule has 13 nitrogen and oxygen atoms in total. The van der Waals surface area contributed by atoms with Gasteiger partial charge in [0.1, 0.15) is 17.8 Å². The molecule has 2 amide bonds. The second-order valence-corrected chi connectivity index (χ2v) is 16.2. The number of fused-ring (bicyclic) bond motifs is 1. The maximum atomic E-state index is 14.0. The zero-order valence-electron chi connectivity index (χ0n) is 37.8. The fourth-order valence-corrected chi connectivity index (χ4v) is 6.90. The molecule has 0 bridgehead atoms. The minimum atomic E-state index is -1.00. The molecule has 0 unspecified atom stereocenters. The largest absolute Gasteiger partial charge is 0.490 e. The monoisotopic (exact) mass is 843 g/mol. The minimum Gasteiger partial charge on any atom is -0.490 e. The standard InChI is InChI=1S/C47H74N2O11/c1-9-15-21-52-36-27-34(28-37(53-22-16-10-2)41(36)56-25-19-13-5)44(50)48-31-40-43-47(33-58-40,60-46(7,8)59-43)32-49-45(51)35-29-38(54-23-17-11-3)42(57-26-20-14-6)39(30-35)55-24-18-12-4/h27-30,40,43H,9-26,31-33H2,1-8H3,(H,48,50)(H,49,51)/t40-,43-,47+/m1/s1. The summed E-state index contributed by atoms with van der Waals surface area (Å²) in [5.41, 5.74) is -0.242. The lowest BCUT2D eigenvalue weighted by atomic mass is 9.96. The first kappa shape index (κ1) is 48.7. The Morgan fingerprint density at radius 1 is 0.583 bits per heavy atom. The van der Waals surface area contributed by atoms with Gasteiger partial charge in [-0.1, -0.05) is 80.1 Å². The van der Waals surface area contributed by atoms with Crippen molar-refractivity contribution in [2.24, 2.45) is 0 Å². The number of hydrogen-bond acceptors (Lipinski definition) is 11. The Balaban J connectivity index is 1.52. The number of hydrogen-bond donors (Lipinski definition) is 2. The number of amides is 2. The van der Waals surface area contributed by atoms with Gasteiger partial charge in [0.05, 0.1) is 52.8 Å². The molecule has 2 aromatic rings. The summed E-state index contributed by atoms with van der Waals surface area (Å²) in [6.07, 6.45) is 9.89. The molecule has 2 N–H and O–H groups in total. The predicted molar refractivity (Wildman–Crippen MR) is 232 cm³/mol. The number of nitrogens with one attached hydrogen (secondary N) is 2. The van der Waals surface area contributed by atoms with Gasteiger partial charge in [0.25, 0.3) is 11.8 Å². The van der Waals surface area contributed by atoms with Crippen molar-refractivity contribution < 1.29 is 52.2 Å². The van der Waals surface area contributed by atoms with Gasteiger partial charge in [0.15, 0.2) is 28.8 Å². The van der Waals surface area contributed by atoms with Crippen LogP contribution in [0.4, 0.5) is 0 Å². The van der Waals surface area contributed by atoms with Crippen LogP contribution in [0, 0.1) is 0 Å². The second-order valence-electron chi connectivity index (χ2n) is 16.2. The smallest absolute Gasteiger partial charge is 0.251 e. The Hall–Kier alpha value is -3.94. The van der Waals surface area contributed by atoms with Crippen LogP contribution in [0.5, 0.6) is 34.5 Å². The van der Waals surface area contributed by atoms with Gasteiger partial charge in [-0.2, -0.15) is 0 Å².